The molecule has 1 amide bonds. The number of nitriles is 1. The van der Waals surface area contributed by atoms with Crippen LogP contribution in [0.3, 0.4) is 0 Å². The molecule has 3 aromatic rings. The first kappa shape index (κ1) is 23.5. The van der Waals surface area contributed by atoms with Gasteiger partial charge in [0, 0.05) is 17.8 Å². The number of rotatable bonds is 9. The van der Waals surface area contributed by atoms with Crippen LogP contribution in [0.5, 0.6) is 5.75 Å². The number of nitro groups is 1. The number of nitrogens with zero attached hydrogens (tertiary/aromatic N) is 5. The third-order valence-electron chi connectivity index (χ3n) is 5.21. The van der Waals surface area contributed by atoms with E-state index in [2.05, 4.69) is 11.2 Å². The highest BCUT2D eigenvalue weighted by Crippen LogP contribution is 2.24. The molecule has 3 rings (SSSR count). The molecule has 33 heavy (non-hydrogen) atoms. The SMILES string of the molecule is CCOc1ccc(N(CCC#N)C(=O)c2ccc(Cn3nc(C)c([N+](=O)[O-])c3C)cc2)cc1. The monoisotopic (exact) mass is 447 g/mol. The van der Waals surface area contributed by atoms with Gasteiger partial charge in [-0.1, -0.05) is 12.1 Å². The average molecular weight is 447 g/mol. The summed E-state index contributed by atoms with van der Waals surface area (Å²) in [5, 5.41) is 24.5. The summed E-state index contributed by atoms with van der Waals surface area (Å²) in [6, 6.07) is 16.3. The first-order valence-electron chi connectivity index (χ1n) is 10.5. The average Bonchev–Trinajstić information content (AvgIpc) is 3.08. The van der Waals surface area contributed by atoms with E-state index in [0.717, 1.165) is 5.56 Å². The Morgan fingerprint density at radius 3 is 2.39 bits per heavy atom. The minimum Gasteiger partial charge on any atom is -0.494 e. The minimum absolute atomic E-state index is 0.0188. The molecule has 9 nitrogen and oxygen atoms in total. The van der Waals surface area contributed by atoms with Gasteiger partial charge in [0.1, 0.15) is 17.1 Å². The summed E-state index contributed by atoms with van der Waals surface area (Å²) < 4.78 is 7.05. The summed E-state index contributed by atoms with van der Waals surface area (Å²) >= 11 is 0. The van der Waals surface area contributed by atoms with Crippen molar-refractivity contribution in [1.29, 1.82) is 5.26 Å². The summed E-state index contributed by atoms with van der Waals surface area (Å²) in [4.78, 5) is 25.6. The van der Waals surface area contributed by atoms with E-state index in [-0.39, 0.29) is 24.6 Å². The van der Waals surface area contributed by atoms with E-state index in [1.165, 1.54) is 0 Å². The van der Waals surface area contributed by atoms with Crippen molar-refractivity contribution in [3.63, 3.8) is 0 Å². The second kappa shape index (κ2) is 10.4. The van der Waals surface area contributed by atoms with Gasteiger partial charge in [0.15, 0.2) is 0 Å². The van der Waals surface area contributed by atoms with E-state index in [0.29, 0.717) is 41.5 Å². The molecule has 0 spiro atoms. The zero-order valence-electron chi connectivity index (χ0n) is 18.8. The highest BCUT2D eigenvalue weighted by molar-refractivity contribution is 6.06. The van der Waals surface area contributed by atoms with Gasteiger partial charge >= 0.3 is 5.69 Å². The topological polar surface area (TPSA) is 114 Å². The molecule has 0 unspecified atom stereocenters. The molecule has 0 aliphatic heterocycles. The van der Waals surface area contributed by atoms with Gasteiger partial charge in [-0.15, -0.1) is 0 Å². The fourth-order valence-corrected chi connectivity index (χ4v) is 3.59. The van der Waals surface area contributed by atoms with Crippen LogP contribution < -0.4 is 9.64 Å². The van der Waals surface area contributed by atoms with Crippen LogP contribution in [0.25, 0.3) is 0 Å². The smallest absolute Gasteiger partial charge is 0.312 e. The Balaban J connectivity index is 1.80. The molecule has 0 atom stereocenters. The molecule has 170 valence electrons. The van der Waals surface area contributed by atoms with Crippen molar-refractivity contribution in [2.24, 2.45) is 0 Å². The maximum absolute atomic E-state index is 13.2. The maximum Gasteiger partial charge on any atom is 0.312 e. The molecule has 0 saturated carbocycles. The van der Waals surface area contributed by atoms with Crippen molar-refractivity contribution < 1.29 is 14.5 Å². The summed E-state index contributed by atoms with van der Waals surface area (Å²) in [6.45, 7) is 6.34. The number of hydrogen-bond acceptors (Lipinski definition) is 6. The maximum atomic E-state index is 13.2. The number of carbonyl (C=O) groups excluding carboxylic acids is 1. The predicted octanol–water partition coefficient (Wildman–Crippen LogP) is 4.42. The third kappa shape index (κ3) is 5.36. The molecular formula is C24H25N5O4. The molecular weight excluding hydrogens is 422 g/mol. The van der Waals surface area contributed by atoms with Gasteiger partial charge < -0.3 is 9.64 Å². The number of ether oxygens (including phenoxy) is 1. The van der Waals surface area contributed by atoms with Crippen molar-refractivity contribution in [3.05, 3.63) is 81.2 Å². The van der Waals surface area contributed by atoms with Crippen LogP contribution in [0.15, 0.2) is 48.5 Å². The Morgan fingerprint density at radius 1 is 1.18 bits per heavy atom. The number of aromatic nitrogens is 2. The first-order chi connectivity index (χ1) is 15.8. The molecule has 1 heterocycles. The molecule has 1 aromatic heterocycles. The Labute approximate surface area is 192 Å². The van der Waals surface area contributed by atoms with Crippen LogP contribution in [0.4, 0.5) is 11.4 Å². The van der Waals surface area contributed by atoms with Crippen LogP contribution in [0.1, 0.15) is 40.7 Å². The summed E-state index contributed by atoms with van der Waals surface area (Å²) in [5.74, 6) is 0.491. The second-order valence-corrected chi connectivity index (χ2v) is 7.42. The molecule has 0 bridgehead atoms. The van der Waals surface area contributed by atoms with E-state index in [9.17, 15) is 14.9 Å². The van der Waals surface area contributed by atoms with Crippen LogP contribution in [0.2, 0.25) is 0 Å². The van der Waals surface area contributed by atoms with Gasteiger partial charge in [-0.2, -0.15) is 10.4 Å². The first-order valence-corrected chi connectivity index (χ1v) is 10.5. The Hall–Kier alpha value is -4.19. The summed E-state index contributed by atoms with van der Waals surface area (Å²) in [7, 11) is 0. The lowest BCUT2D eigenvalue weighted by molar-refractivity contribution is -0.386. The normalized spacial score (nSPS) is 10.5. The van der Waals surface area contributed by atoms with Gasteiger partial charge in [0.25, 0.3) is 5.91 Å². The number of aryl methyl sites for hydroxylation is 1. The molecule has 0 fully saturated rings. The lowest BCUT2D eigenvalue weighted by Gasteiger charge is -2.22. The molecule has 0 aliphatic rings. The molecule has 9 heteroatoms. The van der Waals surface area contributed by atoms with Crippen molar-refractivity contribution >= 4 is 17.3 Å². The van der Waals surface area contributed by atoms with E-state index in [1.807, 2.05) is 6.92 Å². The fraction of sp³-hybridized carbons (Fsp3) is 0.292. The Bertz CT molecular complexity index is 1180. The Kier molecular flexibility index (Phi) is 7.41. The summed E-state index contributed by atoms with van der Waals surface area (Å²) in [6.07, 6.45) is 0.202. The van der Waals surface area contributed by atoms with Crippen LogP contribution in [0, 0.1) is 35.3 Å². The van der Waals surface area contributed by atoms with Crippen molar-refractivity contribution in [2.75, 3.05) is 18.1 Å². The number of hydrogen-bond donors (Lipinski definition) is 0. The minimum atomic E-state index is -0.424. The number of anilines is 1. The zero-order chi connectivity index (χ0) is 24.0. The van der Waals surface area contributed by atoms with Gasteiger partial charge in [-0.3, -0.25) is 19.6 Å². The van der Waals surface area contributed by atoms with Gasteiger partial charge in [0.05, 0.1) is 30.6 Å². The number of benzene rings is 2. The van der Waals surface area contributed by atoms with E-state index < -0.39 is 4.92 Å². The van der Waals surface area contributed by atoms with E-state index in [1.54, 1.807) is 72.0 Å². The highest BCUT2D eigenvalue weighted by atomic mass is 16.6. The molecule has 0 radical (unpaired) electrons. The predicted molar refractivity (Wildman–Crippen MR) is 123 cm³/mol. The number of amides is 1. The quantitative estimate of drug-likeness (QED) is 0.354. The summed E-state index contributed by atoms with van der Waals surface area (Å²) in [5.41, 5.74) is 2.88. The highest BCUT2D eigenvalue weighted by Gasteiger charge is 2.22. The standard InChI is InChI=1S/C24H25N5O4/c1-4-33-22-12-10-21(11-13-22)27(15-5-14-25)24(30)20-8-6-19(7-9-20)16-28-18(3)23(29(31)32)17(2)26-28/h6-13H,4-5,15-16H2,1-3H3. The van der Waals surface area contributed by atoms with E-state index in [4.69, 9.17) is 10.00 Å². The van der Waals surface area contributed by atoms with E-state index >= 15 is 0 Å². The largest absolute Gasteiger partial charge is 0.494 e. The van der Waals surface area contributed by atoms with Gasteiger partial charge in [-0.25, -0.2) is 0 Å². The molecule has 2 aromatic carbocycles. The molecule has 0 saturated heterocycles. The second-order valence-electron chi connectivity index (χ2n) is 7.42. The van der Waals surface area contributed by atoms with Crippen LogP contribution in [-0.2, 0) is 6.54 Å². The Morgan fingerprint density at radius 2 is 1.85 bits per heavy atom. The lowest BCUT2D eigenvalue weighted by Crippen LogP contribution is -2.31. The molecule has 0 N–H and O–H groups in total. The van der Waals surface area contributed by atoms with Crippen molar-refractivity contribution in [1.82, 2.24) is 9.78 Å². The van der Waals surface area contributed by atoms with Gasteiger partial charge in [-0.05, 0) is 62.7 Å². The third-order valence-corrected chi connectivity index (χ3v) is 5.21. The fourth-order valence-electron chi connectivity index (χ4n) is 3.59. The number of carbonyl (C=O) groups is 1. The van der Waals surface area contributed by atoms with Gasteiger partial charge in [0.2, 0.25) is 0 Å². The molecule has 0 aliphatic carbocycles. The lowest BCUT2D eigenvalue weighted by atomic mass is 10.1. The van der Waals surface area contributed by atoms with Crippen LogP contribution >= 0.6 is 0 Å². The van der Waals surface area contributed by atoms with Crippen molar-refractivity contribution in [2.45, 2.75) is 33.7 Å². The van der Waals surface area contributed by atoms with Crippen LogP contribution in [-0.4, -0.2) is 33.8 Å². The van der Waals surface area contributed by atoms with Crippen molar-refractivity contribution in [3.8, 4) is 11.8 Å². The zero-order valence-corrected chi connectivity index (χ0v) is 18.8.